The third-order valence-electron chi connectivity index (χ3n) is 4.51. The molecule has 0 amide bonds. The van der Waals surface area contributed by atoms with Gasteiger partial charge in [0, 0.05) is 30.2 Å². The van der Waals surface area contributed by atoms with E-state index in [4.69, 9.17) is 4.74 Å². The van der Waals surface area contributed by atoms with Crippen molar-refractivity contribution in [1.29, 1.82) is 0 Å². The molecule has 4 aromatic rings. The molecule has 0 spiro atoms. The lowest BCUT2D eigenvalue weighted by Gasteiger charge is -2.09. The van der Waals surface area contributed by atoms with Gasteiger partial charge < -0.3 is 10.1 Å². The molecule has 8 nitrogen and oxygen atoms in total. The molecule has 4 rings (SSSR count). The Kier molecular flexibility index (Phi) is 5.28. The number of sulfonamides is 1. The number of ether oxygens (including phenoxy) is 1. The fourth-order valence-electron chi connectivity index (χ4n) is 3.14. The summed E-state index contributed by atoms with van der Waals surface area (Å²) >= 11 is 0. The van der Waals surface area contributed by atoms with Crippen molar-refractivity contribution in [2.75, 3.05) is 23.4 Å². The number of rotatable bonds is 7. The Hall–Kier alpha value is -3.59. The number of aromatic nitrogens is 3. The molecule has 2 N–H and O–H groups in total. The molecule has 0 aliphatic heterocycles. The maximum atomic E-state index is 11.5. The summed E-state index contributed by atoms with van der Waals surface area (Å²) in [5.74, 6) is 1.47. The molecule has 0 unspecified atom stereocenters. The van der Waals surface area contributed by atoms with E-state index in [0.29, 0.717) is 23.7 Å². The maximum absolute atomic E-state index is 11.5. The highest BCUT2D eigenvalue weighted by atomic mass is 32.2. The van der Waals surface area contributed by atoms with E-state index in [0.717, 1.165) is 28.8 Å². The summed E-state index contributed by atoms with van der Waals surface area (Å²) in [7, 11) is -1.71. The van der Waals surface area contributed by atoms with Crippen LogP contribution in [0.25, 0.3) is 16.9 Å². The number of fused-ring (bicyclic) bond motifs is 1. The van der Waals surface area contributed by atoms with Gasteiger partial charge >= 0.3 is 0 Å². The number of anilines is 2. The second-order valence-corrected chi connectivity index (χ2v) is 8.52. The van der Waals surface area contributed by atoms with Crippen molar-refractivity contribution in [2.45, 2.75) is 6.54 Å². The van der Waals surface area contributed by atoms with Crippen LogP contribution >= 0.6 is 0 Å². The van der Waals surface area contributed by atoms with Gasteiger partial charge in [-0.15, -0.1) is 0 Å². The lowest BCUT2D eigenvalue weighted by molar-refractivity contribution is 0.414. The van der Waals surface area contributed by atoms with Gasteiger partial charge in [-0.05, 0) is 29.8 Å². The Morgan fingerprint density at radius 3 is 2.63 bits per heavy atom. The van der Waals surface area contributed by atoms with Crippen LogP contribution in [0, 0.1) is 0 Å². The van der Waals surface area contributed by atoms with Crippen molar-refractivity contribution in [1.82, 2.24) is 14.4 Å². The lowest BCUT2D eigenvalue weighted by atomic mass is 10.1. The minimum atomic E-state index is -3.35. The molecule has 154 valence electrons. The normalized spacial score (nSPS) is 11.4. The lowest BCUT2D eigenvalue weighted by Crippen LogP contribution is -2.09. The summed E-state index contributed by atoms with van der Waals surface area (Å²) in [5, 5.41) is 3.32. The number of nitrogens with zero attached hydrogens (tertiary/aromatic N) is 3. The molecule has 2 aromatic heterocycles. The molecule has 0 bridgehead atoms. The van der Waals surface area contributed by atoms with Gasteiger partial charge in [-0.3, -0.25) is 9.12 Å². The Balaban J connectivity index is 1.61. The second-order valence-electron chi connectivity index (χ2n) is 6.77. The summed E-state index contributed by atoms with van der Waals surface area (Å²) in [4.78, 5) is 8.94. The molecule has 0 aliphatic carbocycles. The third-order valence-corrected chi connectivity index (χ3v) is 5.12. The van der Waals surface area contributed by atoms with E-state index in [-0.39, 0.29) is 0 Å². The molecule has 2 aromatic carbocycles. The molecular weight excluding hydrogens is 402 g/mol. The molecule has 0 aliphatic rings. The van der Waals surface area contributed by atoms with Crippen LogP contribution in [0.15, 0.2) is 67.1 Å². The number of nitrogens with one attached hydrogen (secondary N) is 2. The maximum Gasteiger partial charge on any atom is 0.229 e. The topological polar surface area (TPSA) is 97.6 Å². The number of methoxy groups -OCH3 is 1. The van der Waals surface area contributed by atoms with Gasteiger partial charge in [0.15, 0.2) is 11.5 Å². The summed E-state index contributed by atoms with van der Waals surface area (Å²) < 4.78 is 32.7. The molecule has 9 heteroatoms. The fraction of sp³-hybridized carbons (Fsp3) is 0.143. The van der Waals surface area contributed by atoms with E-state index in [1.54, 1.807) is 37.7 Å². The van der Waals surface area contributed by atoms with Gasteiger partial charge in [0.25, 0.3) is 0 Å². The first-order valence-electron chi connectivity index (χ1n) is 9.20. The fourth-order valence-corrected chi connectivity index (χ4v) is 3.70. The summed E-state index contributed by atoms with van der Waals surface area (Å²) in [6.07, 6.45) is 6.40. The number of imidazole rings is 1. The Labute approximate surface area is 174 Å². The SMILES string of the molecule is COc1ccc(CNc2nccn3c(-c4cccc(NS(C)(=O)=O)c4)cnc23)cc1. The Morgan fingerprint density at radius 1 is 1.10 bits per heavy atom. The number of hydrogen-bond acceptors (Lipinski definition) is 6. The van der Waals surface area contributed by atoms with E-state index < -0.39 is 10.0 Å². The zero-order valence-electron chi connectivity index (χ0n) is 16.5. The first-order chi connectivity index (χ1) is 14.4. The van der Waals surface area contributed by atoms with Gasteiger partial charge in [0.1, 0.15) is 5.75 Å². The van der Waals surface area contributed by atoms with Crippen LogP contribution in [0.4, 0.5) is 11.5 Å². The standard InChI is InChI=1S/C21H21N5O3S/c1-29-18-8-6-15(7-9-18)13-23-20-21-24-14-19(26(21)11-10-22-20)16-4-3-5-17(12-16)25-30(2,27)28/h3-12,14,25H,13H2,1-2H3,(H,22,23). The van der Waals surface area contributed by atoms with E-state index >= 15 is 0 Å². The number of hydrogen-bond donors (Lipinski definition) is 2. The minimum absolute atomic E-state index is 0.497. The first-order valence-corrected chi connectivity index (χ1v) is 11.1. The Morgan fingerprint density at radius 2 is 1.90 bits per heavy atom. The van der Waals surface area contributed by atoms with Crippen molar-refractivity contribution < 1.29 is 13.2 Å². The minimum Gasteiger partial charge on any atom is -0.497 e. The van der Waals surface area contributed by atoms with Crippen molar-refractivity contribution in [3.63, 3.8) is 0 Å². The highest BCUT2D eigenvalue weighted by molar-refractivity contribution is 7.92. The van der Waals surface area contributed by atoms with Crippen LogP contribution in [0.1, 0.15) is 5.56 Å². The highest BCUT2D eigenvalue weighted by Crippen LogP contribution is 2.26. The highest BCUT2D eigenvalue weighted by Gasteiger charge is 2.11. The van der Waals surface area contributed by atoms with E-state index in [9.17, 15) is 8.42 Å². The molecule has 0 atom stereocenters. The van der Waals surface area contributed by atoms with E-state index in [2.05, 4.69) is 20.0 Å². The smallest absolute Gasteiger partial charge is 0.229 e. The van der Waals surface area contributed by atoms with Crippen LogP contribution in [-0.2, 0) is 16.6 Å². The molecule has 30 heavy (non-hydrogen) atoms. The van der Waals surface area contributed by atoms with Crippen LogP contribution in [-0.4, -0.2) is 36.2 Å². The van der Waals surface area contributed by atoms with Gasteiger partial charge in [-0.1, -0.05) is 24.3 Å². The molecular formula is C21H21N5O3S. The van der Waals surface area contributed by atoms with Crippen LogP contribution in [0.5, 0.6) is 5.75 Å². The summed E-state index contributed by atoms with van der Waals surface area (Å²) in [5.41, 5.74) is 3.94. The van der Waals surface area contributed by atoms with Gasteiger partial charge in [0.2, 0.25) is 10.0 Å². The summed E-state index contributed by atoms with van der Waals surface area (Å²) in [6, 6.07) is 15.0. The quantitative estimate of drug-likeness (QED) is 0.473. The van der Waals surface area contributed by atoms with Crippen LogP contribution < -0.4 is 14.8 Å². The zero-order valence-corrected chi connectivity index (χ0v) is 17.3. The Bertz CT molecular complexity index is 1280. The largest absolute Gasteiger partial charge is 0.497 e. The monoisotopic (exact) mass is 423 g/mol. The first kappa shape index (κ1) is 19.7. The average Bonchev–Trinajstić information content (AvgIpc) is 3.16. The van der Waals surface area contributed by atoms with Gasteiger partial charge in [-0.25, -0.2) is 18.4 Å². The van der Waals surface area contributed by atoms with Crippen molar-refractivity contribution in [3.05, 3.63) is 72.7 Å². The summed E-state index contributed by atoms with van der Waals surface area (Å²) in [6.45, 7) is 0.590. The van der Waals surface area contributed by atoms with Gasteiger partial charge in [0.05, 0.1) is 25.3 Å². The molecule has 0 saturated carbocycles. The van der Waals surface area contributed by atoms with E-state index in [1.807, 2.05) is 40.9 Å². The zero-order chi connectivity index (χ0) is 21.1. The molecule has 0 radical (unpaired) electrons. The van der Waals surface area contributed by atoms with Crippen LogP contribution in [0.2, 0.25) is 0 Å². The van der Waals surface area contributed by atoms with Crippen molar-refractivity contribution in [2.24, 2.45) is 0 Å². The van der Waals surface area contributed by atoms with Crippen molar-refractivity contribution in [3.8, 4) is 17.0 Å². The number of benzene rings is 2. The molecule has 2 heterocycles. The van der Waals surface area contributed by atoms with E-state index in [1.165, 1.54) is 0 Å². The third kappa shape index (κ3) is 4.36. The predicted molar refractivity (Wildman–Crippen MR) is 117 cm³/mol. The second kappa shape index (κ2) is 8.03. The predicted octanol–water partition coefficient (Wildman–Crippen LogP) is 3.39. The van der Waals surface area contributed by atoms with Gasteiger partial charge in [-0.2, -0.15) is 0 Å². The average molecular weight is 423 g/mol. The molecule has 0 fully saturated rings. The van der Waals surface area contributed by atoms with Crippen LogP contribution in [0.3, 0.4) is 0 Å². The molecule has 0 saturated heterocycles. The van der Waals surface area contributed by atoms with Crippen molar-refractivity contribution >= 4 is 27.2 Å².